The molecule has 2 heterocycles. The Balaban J connectivity index is 2.01. The van der Waals surface area contributed by atoms with Gasteiger partial charge in [0.15, 0.2) is 0 Å². The minimum absolute atomic E-state index is 0.297. The lowest BCUT2D eigenvalue weighted by Crippen LogP contribution is -2.01. The lowest BCUT2D eigenvalue weighted by Gasteiger charge is -2.05. The number of nitriles is 1. The number of aromatic nitrogens is 2. The lowest BCUT2D eigenvalue weighted by molar-refractivity contribution is 0.184. The second-order valence-corrected chi connectivity index (χ2v) is 6.48. The number of hydrogen-bond acceptors (Lipinski definition) is 4. The minimum Gasteiger partial charge on any atom is -0.384 e. The van der Waals surface area contributed by atoms with E-state index in [-0.39, 0.29) is 0 Å². The lowest BCUT2D eigenvalue weighted by atomic mass is 10.1. The molecule has 1 aromatic carbocycles. The molecule has 0 saturated carbocycles. The Morgan fingerprint density at radius 2 is 2.22 bits per heavy atom. The Kier molecular flexibility index (Phi) is 4.75. The molecule has 0 N–H and O–H groups in total. The molecule has 5 heteroatoms. The van der Waals surface area contributed by atoms with Crippen LogP contribution in [0.15, 0.2) is 35.8 Å². The van der Waals surface area contributed by atoms with Crippen LogP contribution in [0.2, 0.25) is 0 Å². The van der Waals surface area contributed by atoms with Gasteiger partial charge in [0.1, 0.15) is 0 Å². The van der Waals surface area contributed by atoms with Crippen molar-refractivity contribution >= 4 is 22.2 Å². The van der Waals surface area contributed by atoms with Crippen LogP contribution in [-0.2, 0) is 11.3 Å². The van der Waals surface area contributed by atoms with Gasteiger partial charge in [-0.05, 0) is 6.07 Å². The fourth-order valence-corrected chi connectivity index (χ4v) is 3.63. The summed E-state index contributed by atoms with van der Waals surface area (Å²) in [5.41, 5.74) is 3.28. The van der Waals surface area contributed by atoms with Gasteiger partial charge in [0.05, 0.1) is 29.8 Å². The Hall–Kier alpha value is -2.16. The molecule has 3 rings (SSSR count). The topological polar surface area (TPSA) is 50.8 Å². The normalized spacial score (nSPS) is 12.4. The van der Waals surface area contributed by atoms with Crippen molar-refractivity contribution in [2.24, 2.45) is 0 Å². The molecular weight excluding hydrogens is 306 g/mol. The van der Waals surface area contributed by atoms with Crippen molar-refractivity contribution in [3.05, 3.63) is 40.8 Å². The van der Waals surface area contributed by atoms with Gasteiger partial charge in [-0.2, -0.15) is 5.26 Å². The van der Waals surface area contributed by atoms with Gasteiger partial charge in [0.2, 0.25) is 0 Å². The average molecular weight is 325 g/mol. The molecule has 0 spiro atoms. The Labute approximate surface area is 140 Å². The first-order chi connectivity index (χ1) is 11.2. The van der Waals surface area contributed by atoms with Crippen molar-refractivity contribution in [3.63, 3.8) is 0 Å². The second kappa shape index (κ2) is 6.95. The number of nitrogens with zero attached hydrogens (tertiary/aromatic N) is 3. The predicted molar refractivity (Wildman–Crippen MR) is 93.6 cm³/mol. The third-order valence-electron chi connectivity index (χ3n) is 3.89. The first-order valence-corrected chi connectivity index (χ1v) is 8.52. The molecule has 0 unspecified atom stereocenters. The second-order valence-electron chi connectivity index (χ2n) is 5.59. The van der Waals surface area contributed by atoms with Crippen LogP contribution in [0.3, 0.4) is 0 Å². The highest BCUT2D eigenvalue weighted by atomic mass is 32.1. The number of fused-ring (bicyclic) bond motifs is 1. The first-order valence-electron chi connectivity index (χ1n) is 7.64. The summed E-state index contributed by atoms with van der Waals surface area (Å²) < 4.78 is 7.37. The van der Waals surface area contributed by atoms with Crippen molar-refractivity contribution in [2.75, 3.05) is 13.7 Å². The van der Waals surface area contributed by atoms with E-state index in [0.717, 1.165) is 21.8 Å². The first kappa shape index (κ1) is 15.7. The van der Waals surface area contributed by atoms with Crippen LogP contribution >= 0.6 is 11.3 Å². The third-order valence-corrected chi connectivity index (χ3v) is 4.97. The highest BCUT2D eigenvalue weighted by Crippen LogP contribution is 2.33. The van der Waals surface area contributed by atoms with Gasteiger partial charge < -0.3 is 9.30 Å². The van der Waals surface area contributed by atoms with Crippen molar-refractivity contribution in [3.8, 4) is 17.3 Å². The van der Waals surface area contributed by atoms with Gasteiger partial charge in [-0.25, -0.2) is 4.98 Å². The molecule has 0 aliphatic rings. The summed E-state index contributed by atoms with van der Waals surface area (Å²) in [6.07, 6.45) is 2.62. The molecule has 0 saturated heterocycles. The van der Waals surface area contributed by atoms with Crippen LogP contribution in [0.4, 0.5) is 0 Å². The molecule has 0 bridgehead atoms. The van der Waals surface area contributed by atoms with E-state index in [1.807, 2.05) is 12.1 Å². The van der Waals surface area contributed by atoms with Crippen LogP contribution in [0.5, 0.6) is 0 Å². The number of thiazole rings is 1. The Bertz CT molecular complexity index is 843. The molecule has 0 radical (unpaired) electrons. The number of hydrogen-bond donors (Lipinski definition) is 0. The van der Waals surface area contributed by atoms with Crippen molar-refractivity contribution in [2.45, 2.75) is 25.8 Å². The predicted octanol–water partition coefficient (Wildman–Crippen LogP) is 4.43. The standard InChI is InChI=1S/C18H19N3OS/c1-13(11-22-2)18-20-16(12-23-18)15-10-21(9-5-8-19)17-7-4-3-6-14(15)17/h3-4,6-7,10,12-13H,5,9,11H2,1-2H3/t13-/m0/s1. The van der Waals surface area contributed by atoms with E-state index in [9.17, 15) is 0 Å². The molecule has 23 heavy (non-hydrogen) atoms. The molecule has 0 amide bonds. The van der Waals surface area contributed by atoms with Gasteiger partial charge in [0.25, 0.3) is 0 Å². The maximum Gasteiger partial charge on any atom is 0.0983 e. The molecule has 1 atom stereocenters. The summed E-state index contributed by atoms with van der Waals surface area (Å²) in [6, 6.07) is 10.5. The fourth-order valence-electron chi connectivity index (χ4n) is 2.77. The summed E-state index contributed by atoms with van der Waals surface area (Å²) in [5, 5.41) is 13.2. The Morgan fingerprint density at radius 1 is 1.39 bits per heavy atom. The molecule has 0 fully saturated rings. The smallest absolute Gasteiger partial charge is 0.0983 e. The van der Waals surface area contributed by atoms with E-state index in [1.165, 1.54) is 5.39 Å². The fraction of sp³-hybridized carbons (Fsp3) is 0.333. The van der Waals surface area contributed by atoms with Crippen LogP contribution in [0, 0.1) is 11.3 Å². The molecule has 0 aliphatic carbocycles. The van der Waals surface area contributed by atoms with Crippen LogP contribution < -0.4 is 0 Å². The quantitative estimate of drug-likeness (QED) is 0.673. The van der Waals surface area contributed by atoms with E-state index >= 15 is 0 Å². The molecule has 0 aliphatic heterocycles. The minimum atomic E-state index is 0.297. The number of ether oxygens (including phenoxy) is 1. The largest absolute Gasteiger partial charge is 0.384 e. The van der Waals surface area contributed by atoms with Crippen LogP contribution in [0.1, 0.15) is 24.3 Å². The Morgan fingerprint density at radius 3 is 3.00 bits per heavy atom. The molecule has 118 valence electrons. The summed E-state index contributed by atoms with van der Waals surface area (Å²) in [4.78, 5) is 4.80. The van der Waals surface area contributed by atoms with Gasteiger partial charge >= 0.3 is 0 Å². The third kappa shape index (κ3) is 3.14. The van der Waals surface area contributed by atoms with E-state index < -0.39 is 0 Å². The zero-order valence-corrected chi connectivity index (χ0v) is 14.1. The summed E-state index contributed by atoms with van der Waals surface area (Å²) in [7, 11) is 1.72. The van der Waals surface area contributed by atoms with E-state index in [4.69, 9.17) is 15.0 Å². The average Bonchev–Trinajstić information content (AvgIpc) is 3.18. The van der Waals surface area contributed by atoms with Gasteiger partial charge in [0, 0.05) is 47.6 Å². The number of benzene rings is 1. The number of aryl methyl sites for hydroxylation is 1. The highest BCUT2D eigenvalue weighted by Gasteiger charge is 2.15. The molecule has 4 nitrogen and oxygen atoms in total. The summed E-state index contributed by atoms with van der Waals surface area (Å²) >= 11 is 1.68. The summed E-state index contributed by atoms with van der Waals surface area (Å²) in [5.74, 6) is 0.297. The number of para-hydroxylation sites is 1. The van der Waals surface area contributed by atoms with Crippen molar-refractivity contribution in [1.82, 2.24) is 9.55 Å². The SMILES string of the molecule is COC[C@H](C)c1nc(-c2cn(CCC#N)c3ccccc23)cs1. The molecule has 2 aromatic heterocycles. The van der Waals surface area contributed by atoms with E-state index in [1.54, 1.807) is 18.4 Å². The highest BCUT2D eigenvalue weighted by molar-refractivity contribution is 7.10. The zero-order valence-electron chi connectivity index (χ0n) is 13.3. The van der Waals surface area contributed by atoms with Crippen molar-refractivity contribution < 1.29 is 4.74 Å². The van der Waals surface area contributed by atoms with Gasteiger partial charge in [-0.15, -0.1) is 11.3 Å². The van der Waals surface area contributed by atoms with Crippen LogP contribution in [0.25, 0.3) is 22.2 Å². The van der Waals surface area contributed by atoms with Crippen LogP contribution in [-0.4, -0.2) is 23.3 Å². The maximum absolute atomic E-state index is 8.85. The molecular formula is C18H19N3OS. The molecule has 3 aromatic rings. The van der Waals surface area contributed by atoms with Gasteiger partial charge in [-0.3, -0.25) is 0 Å². The summed E-state index contributed by atoms with van der Waals surface area (Å²) in [6.45, 7) is 3.51. The van der Waals surface area contributed by atoms with Crippen molar-refractivity contribution in [1.29, 1.82) is 5.26 Å². The van der Waals surface area contributed by atoms with E-state index in [2.05, 4.69) is 41.3 Å². The number of rotatable bonds is 6. The monoisotopic (exact) mass is 325 g/mol. The zero-order chi connectivity index (χ0) is 16.2. The number of methoxy groups -OCH3 is 1. The van der Waals surface area contributed by atoms with Gasteiger partial charge in [-0.1, -0.05) is 25.1 Å². The van der Waals surface area contributed by atoms with E-state index in [0.29, 0.717) is 25.5 Å². The maximum atomic E-state index is 8.85.